The second-order valence-electron chi connectivity index (χ2n) is 10.1. The first kappa shape index (κ1) is 23.5. The maximum Gasteiger partial charge on any atom is 0.161 e. The van der Waals surface area contributed by atoms with Gasteiger partial charge in [0.25, 0.3) is 0 Å². The van der Waals surface area contributed by atoms with E-state index in [1.807, 2.05) is 36.4 Å². The summed E-state index contributed by atoms with van der Waals surface area (Å²) in [6, 6.07) is 11.5. The highest BCUT2D eigenvalue weighted by atomic mass is 19.1. The molecule has 0 fully saturated rings. The van der Waals surface area contributed by atoms with Crippen LogP contribution in [0.15, 0.2) is 79.7 Å². The van der Waals surface area contributed by atoms with Crippen molar-refractivity contribution in [2.75, 3.05) is 5.32 Å². The summed E-state index contributed by atoms with van der Waals surface area (Å²) in [7, 11) is 0. The van der Waals surface area contributed by atoms with Crippen molar-refractivity contribution in [2.45, 2.75) is 20.8 Å². The number of fused-ring (bicyclic) bond motifs is 2. The molecule has 0 saturated carbocycles. The van der Waals surface area contributed by atoms with Gasteiger partial charge in [0.05, 0.1) is 40.0 Å². The Kier molecular flexibility index (Phi) is 5.48. The predicted molar refractivity (Wildman–Crippen MR) is 148 cm³/mol. The summed E-state index contributed by atoms with van der Waals surface area (Å²) < 4.78 is 16.1. The van der Waals surface area contributed by atoms with E-state index in [0.29, 0.717) is 33.7 Å². The Morgan fingerprint density at radius 2 is 1.79 bits per heavy atom. The van der Waals surface area contributed by atoms with Crippen LogP contribution in [0.3, 0.4) is 0 Å². The summed E-state index contributed by atoms with van der Waals surface area (Å²) in [4.78, 5) is 21.0. The highest BCUT2D eigenvalue weighted by molar-refractivity contribution is 5.98. The molecule has 6 rings (SSSR count). The standard InChI is InChI=1S/C29H25FN8/c1-16(29(2,3)4)34-19-11-18(13-32-14-19)25-24(30)23-22(15-33-25)37-38-27(23)28-35-21-9-5-8-20(26(21)36-28)17-7-6-10-31-12-17/h5-15,34H,1H2,2-4H3,(H,35,36)(H,37,38). The van der Waals surface area contributed by atoms with E-state index < -0.39 is 5.82 Å². The lowest BCUT2D eigenvalue weighted by Crippen LogP contribution is -2.15. The van der Waals surface area contributed by atoms with Crippen LogP contribution in [0, 0.1) is 11.2 Å². The third-order valence-electron chi connectivity index (χ3n) is 6.47. The molecule has 0 amide bonds. The van der Waals surface area contributed by atoms with Crippen molar-refractivity contribution in [1.29, 1.82) is 0 Å². The molecule has 1 aromatic carbocycles. The van der Waals surface area contributed by atoms with Crippen molar-refractivity contribution in [2.24, 2.45) is 5.41 Å². The molecule has 0 unspecified atom stereocenters. The Hall–Kier alpha value is -4.92. The summed E-state index contributed by atoms with van der Waals surface area (Å²) in [5, 5.41) is 10.9. The van der Waals surface area contributed by atoms with Crippen molar-refractivity contribution >= 4 is 27.6 Å². The molecule has 8 nitrogen and oxygen atoms in total. The molecule has 188 valence electrons. The third kappa shape index (κ3) is 4.07. The van der Waals surface area contributed by atoms with Crippen LogP contribution < -0.4 is 5.32 Å². The number of para-hydroxylation sites is 1. The number of allylic oxidation sites excluding steroid dienone is 1. The zero-order chi connectivity index (χ0) is 26.4. The number of hydrogen-bond donors (Lipinski definition) is 3. The lowest BCUT2D eigenvalue weighted by molar-refractivity contribution is 0.509. The predicted octanol–water partition coefficient (Wildman–Crippen LogP) is 6.74. The fourth-order valence-corrected chi connectivity index (χ4v) is 4.25. The molecule has 0 radical (unpaired) electrons. The number of nitrogens with zero attached hydrogens (tertiary/aromatic N) is 5. The molecule has 0 atom stereocenters. The van der Waals surface area contributed by atoms with Crippen molar-refractivity contribution in [3.8, 4) is 33.9 Å². The van der Waals surface area contributed by atoms with Gasteiger partial charge in [-0.2, -0.15) is 5.10 Å². The topological polar surface area (TPSA) is 108 Å². The van der Waals surface area contributed by atoms with Gasteiger partial charge in [0.1, 0.15) is 11.4 Å². The Morgan fingerprint density at radius 1 is 0.947 bits per heavy atom. The number of hydrogen-bond acceptors (Lipinski definition) is 6. The largest absolute Gasteiger partial charge is 0.358 e. The number of aromatic amines is 2. The molecule has 0 saturated heterocycles. The molecule has 5 aromatic heterocycles. The molecule has 9 heteroatoms. The first-order valence-electron chi connectivity index (χ1n) is 12.1. The number of benzene rings is 1. The van der Waals surface area contributed by atoms with Gasteiger partial charge in [-0.05, 0) is 18.2 Å². The number of rotatable bonds is 5. The van der Waals surface area contributed by atoms with E-state index in [1.54, 1.807) is 31.0 Å². The highest BCUT2D eigenvalue weighted by Crippen LogP contribution is 2.35. The van der Waals surface area contributed by atoms with Crippen molar-refractivity contribution in [1.82, 2.24) is 35.1 Å². The van der Waals surface area contributed by atoms with Gasteiger partial charge in [-0.3, -0.25) is 20.1 Å². The number of anilines is 1. The molecule has 38 heavy (non-hydrogen) atoms. The van der Waals surface area contributed by atoms with E-state index in [0.717, 1.165) is 27.9 Å². The van der Waals surface area contributed by atoms with Gasteiger partial charge in [-0.15, -0.1) is 0 Å². The summed E-state index contributed by atoms with van der Waals surface area (Å²) >= 11 is 0. The molecular weight excluding hydrogens is 479 g/mol. The highest BCUT2D eigenvalue weighted by Gasteiger charge is 2.22. The molecule has 6 aromatic rings. The molecule has 0 aliphatic carbocycles. The van der Waals surface area contributed by atoms with Crippen LogP contribution in [0.1, 0.15) is 20.8 Å². The average Bonchev–Trinajstić information content (AvgIpc) is 3.54. The van der Waals surface area contributed by atoms with Gasteiger partial charge in [0.2, 0.25) is 0 Å². The Bertz CT molecular complexity index is 1810. The van der Waals surface area contributed by atoms with Crippen LogP contribution in [0.5, 0.6) is 0 Å². The van der Waals surface area contributed by atoms with E-state index in [4.69, 9.17) is 4.98 Å². The van der Waals surface area contributed by atoms with Gasteiger partial charge in [-0.1, -0.05) is 45.5 Å². The van der Waals surface area contributed by atoms with E-state index in [1.165, 1.54) is 0 Å². The fourth-order valence-electron chi connectivity index (χ4n) is 4.25. The normalized spacial score (nSPS) is 11.8. The van der Waals surface area contributed by atoms with Gasteiger partial charge in [0, 0.05) is 46.4 Å². The lowest BCUT2D eigenvalue weighted by atomic mass is 9.93. The number of pyridine rings is 3. The van der Waals surface area contributed by atoms with Crippen molar-refractivity contribution in [3.05, 3.63) is 85.5 Å². The van der Waals surface area contributed by atoms with Crippen LogP contribution in [-0.4, -0.2) is 35.1 Å². The van der Waals surface area contributed by atoms with E-state index in [9.17, 15) is 0 Å². The quantitative estimate of drug-likeness (QED) is 0.240. The minimum absolute atomic E-state index is 0.145. The van der Waals surface area contributed by atoms with E-state index in [2.05, 4.69) is 62.8 Å². The van der Waals surface area contributed by atoms with Gasteiger partial charge >= 0.3 is 0 Å². The maximum atomic E-state index is 16.1. The van der Waals surface area contributed by atoms with Crippen LogP contribution in [0.25, 0.3) is 55.8 Å². The summed E-state index contributed by atoms with van der Waals surface area (Å²) in [5.74, 6) is -0.0542. The zero-order valence-electron chi connectivity index (χ0n) is 21.2. The summed E-state index contributed by atoms with van der Waals surface area (Å²) in [6.07, 6.45) is 8.35. The molecule has 0 aliphatic heterocycles. The average molecular weight is 505 g/mol. The van der Waals surface area contributed by atoms with Crippen LogP contribution in [-0.2, 0) is 0 Å². The number of nitrogens with one attached hydrogen (secondary N) is 3. The van der Waals surface area contributed by atoms with Crippen molar-refractivity contribution < 1.29 is 4.39 Å². The Morgan fingerprint density at radius 3 is 2.58 bits per heavy atom. The first-order chi connectivity index (χ1) is 18.3. The zero-order valence-corrected chi connectivity index (χ0v) is 21.2. The third-order valence-corrected chi connectivity index (χ3v) is 6.47. The molecule has 0 spiro atoms. The number of halogens is 1. The minimum atomic E-state index is -0.507. The smallest absolute Gasteiger partial charge is 0.161 e. The first-order valence-corrected chi connectivity index (χ1v) is 12.1. The minimum Gasteiger partial charge on any atom is -0.358 e. The summed E-state index contributed by atoms with van der Waals surface area (Å²) in [5.41, 5.74) is 6.37. The van der Waals surface area contributed by atoms with Crippen molar-refractivity contribution in [3.63, 3.8) is 0 Å². The lowest BCUT2D eigenvalue weighted by Gasteiger charge is -2.23. The van der Waals surface area contributed by atoms with E-state index >= 15 is 4.39 Å². The SMILES string of the molecule is C=C(Nc1cncc(-c2ncc3[nH]nc(-c4nc5c(-c6cccnc6)cccc5[nH]4)c3c2F)c1)C(C)(C)C. The second kappa shape index (κ2) is 8.88. The molecule has 3 N–H and O–H groups in total. The summed E-state index contributed by atoms with van der Waals surface area (Å²) in [6.45, 7) is 10.3. The monoisotopic (exact) mass is 504 g/mol. The molecule has 0 bridgehead atoms. The van der Waals surface area contributed by atoms with Gasteiger partial charge in [-0.25, -0.2) is 9.37 Å². The maximum absolute atomic E-state index is 16.1. The van der Waals surface area contributed by atoms with Gasteiger partial charge in [0.15, 0.2) is 11.6 Å². The Balaban J connectivity index is 1.44. The Labute approximate surface area is 218 Å². The van der Waals surface area contributed by atoms with Crippen LogP contribution in [0.4, 0.5) is 10.1 Å². The van der Waals surface area contributed by atoms with Crippen LogP contribution in [0.2, 0.25) is 0 Å². The molecule has 0 aliphatic rings. The van der Waals surface area contributed by atoms with E-state index in [-0.39, 0.29) is 11.1 Å². The number of H-pyrrole nitrogens is 2. The fraction of sp³-hybridized carbons (Fsp3) is 0.138. The number of imidazole rings is 1. The second-order valence-corrected chi connectivity index (χ2v) is 10.1. The molecule has 5 heterocycles. The number of aromatic nitrogens is 7. The van der Waals surface area contributed by atoms with Gasteiger partial charge < -0.3 is 10.3 Å². The molecular formula is C29H25FN8. The van der Waals surface area contributed by atoms with Crippen LogP contribution >= 0.6 is 0 Å².